The Morgan fingerprint density at radius 1 is 1.33 bits per heavy atom. The Morgan fingerprint density at radius 2 is 2.20 bits per heavy atom. The molecule has 86 valence electrons. The van der Waals surface area contributed by atoms with Gasteiger partial charge in [0.1, 0.15) is 0 Å². The van der Waals surface area contributed by atoms with Gasteiger partial charge in [-0.25, -0.2) is 0 Å². The van der Waals surface area contributed by atoms with Crippen molar-refractivity contribution < 1.29 is 9.84 Å². The van der Waals surface area contributed by atoms with Gasteiger partial charge >= 0.3 is 0 Å². The second-order valence-electron chi connectivity index (χ2n) is 5.19. The van der Waals surface area contributed by atoms with E-state index in [0.717, 1.165) is 56.6 Å². The molecule has 1 fully saturated rings. The number of ether oxygens (including phenoxy) is 1. The summed E-state index contributed by atoms with van der Waals surface area (Å²) in [4.78, 5) is 0. The number of hydrogen-bond acceptors (Lipinski definition) is 2. The van der Waals surface area contributed by atoms with Crippen molar-refractivity contribution in [1.29, 1.82) is 0 Å². The maximum atomic E-state index is 10.6. The average molecular weight is 210 g/mol. The fourth-order valence-electron chi connectivity index (χ4n) is 2.73. The monoisotopic (exact) mass is 210 g/mol. The van der Waals surface area contributed by atoms with E-state index in [1.165, 1.54) is 6.42 Å². The standard InChI is InChI=1S/C13H22O2/c1-11-4-2-7-13(14,8-6-11)12-5-3-9-15-10-12/h10-11,14H,2-9H2,1H3. The summed E-state index contributed by atoms with van der Waals surface area (Å²) >= 11 is 0. The van der Waals surface area contributed by atoms with Crippen molar-refractivity contribution in [3.63, 3.8) is 0 Å². The lowest BCUT2D eigenvalue weighted by atomic mass is 9.84. The highest BCUT2D eigenvalue weighted by Gasteiger charge is 2.34. The molecule has 2 heteroatoms. The maximum absolute atomic E-state index is 10.6. The lowest BCUT2D eigenvalue weighted by Crippen LogP contribution is -2.32. The molecule has 0 aromatic rings. The van der Waals surface area contributed by atoms with Crippen LogP contribution >= 0.6 is 0 Å². The first-order chi connectivity index (χ1) is 7.21. The largest absolute Gasteiger partial charge is 0.501 e. The fourth-order valence-corrected chi connectivity index (χ4v) is 2.73. The maximum Gasteiger partial charge on any atom is 0.0889 e. The van der Waals surface area contributed by atoms with Gasteiger partial charge in [0.2, 0.25) is 0 Å². The van der Waals surface area contributed by atoms with Gasteiger partial charge in [-0.1, -0.05) is 13.3 Å². The first-order valence-corrected chi connectivity index (χ1v) is 6.24. The van der Waals surface area contributed by atoms with E-state index in [0.29, 0.717) is 0 Å². The van der Waals surface area contributed by atoms with Crippen molar-refractivity contribution >= 4 is 0 Å². The molecule has 2 aliphatic rings. The van der Waals surface area contributed by atoms with Gasteiger partial charge in [0.25, 0.3) is 0 Å². The molecule has 0 spiro atoms. The molecule has 1 heterocycles. The summed E-state index contributed by atoms with van der Waals surface area (Å²) in [6.07, 6.45) is 9.29. The molecule has 0 aromatic heterocycles. The molecule has 1 saturated carbocycles. The highest BCUT2D eigenvalue weighted by atomic mass is 16.5. The Balaban J connectivity index is 2.06. The van der Waals surface area contributed by atoms with Crippen LogP contribution in [-0.2, 0) is 4.74 Å². The molecule has 0 amide bonds. The summed E-state index contributed by atoms with van der Waals surface area (Å²) < 4.78 is 5.35. The van der Waals surface area contributed by atoms with Crippen molar-refractivity contribution in [3.05, 3.63) is 11.8 Å². The number of rotatable bonds is 1. The van der Waals surface area contributed by atoms with Crippen molar-refractivity contribution in [2.75, 3.05) is 6.61 Å². The van der Waals surface area contributed by atoms with Crippen LogP contribution in [-0.4, -0.2) is 17.3 Å². The lowest BCUT2D eigenvalue weighted by Gasteiger charge is -2.31. The minimum absolute atomic E-state index is 0.550. The van der Waals surface area contributed by atoms with E-state index in [4.69, 9.17) is 4.74 Å². The topological polar surface area (TPSA) is 29.5 Å². The van der Waals surface area contributed by atoms with E-state index in [1.54, 1.807) is 0 Å². The second-order valence-corrected chi connectivity index (χ2v) is 5.19. The molecule has 2 atom stereocenters. The third-order valence-electron chi connectivity index (χ3n) is 3.87. The van der Waals surface area contributed by atoms with Crippen LogP contribution in [0.2, 0.25) is 0 Å². The predicted octanol–water partition coefficient (Wildman–Crippen LogP) is 3.01. The summed E-state index contributed by atoms with van der Waals surface area (Å²) in [6, 6.07) is 0. The Morgan fingerprint density at radius 3 is 2.93 bits per heavy atom. The van der Waals surface area contributed by atoms with E-state index in [-0.39, 0.29) is 0 Å². The molecule has 0 radical (unpaired) electrons. The summed E-state index contributed by atoms with van der Waals surface area (Å²) in [5.41, 5.74) is 0.591. The van der Waals surface area contributed by atoms with Gasteiger partial charge in [-0.05, 0) is 50.0 Å². The fraction of sp³-hybridized carbons (Fsp3) is 0.846. The van der Waals surface area contributed by atoms with Crippen LogP contribution in [0.3, 0.4) is 0 Å². The minimum Gasteiger partial charge on any atom is -0.501 e. The van der Waals surface area contributed by atoms with E-state index in [9.17, 15) is 5.11 Å². The molecular formula is C13H22O2. The Bertz CT molecular complexity index is 247. The highest BCUT2D eigenvalue weighted by molar-refractivity contribution is 5.16. The molecule has 0 aromatic carbocycles. The van der Waals surface area contributed by atoms with Gasteiger partial charge in [0.15, 0.2) is 0 Å². The van der Waals surface area contributed by atoms with Gasteiger partial charge in [-0.15, -0.1) is 0 Å². The van der Waals surface area contributed by atoms with Gasteiger partial charge in [0.05, 0.1) is 18.5 Å². The van der Waals surface area contributed by atoms with E-state index < -0.39 is 5.60 Å². The zero-order valence-electron chi connectivity index (χ0n) is 9.67. The third kappa shape index (κ3) is 2.54. The third-order valence-corrected chi connectivity index (χ3v) is 3.87. The highest BCUT2D eigenvalue weighted by Crippen LogP contribution is 2.37. The lowest BCUT2D eigenvalue weighted by molar-refractivity contribution is 0.0469. The van der Waals surface area contributed by atoms with Crippen LogP contribution in [0.4, 0.5) is 0 Å². The molecule has 1 aliphatic carbocycles. The molecule has 15 heavy (non-hydrogen) atoms. The zero-order chi connectivity index (χ0) is 10.7. The predicted molar refractivity (Wildman–Crippen MR) is 60.5 cm³/mol. The quantitative estimate of drug-likeness (QED) is 0.674. The molecule has 2 rings (SSSR count). The van der Waals surface area contributed by atoms with Gasteiger partial charge in [-0.2, -0.15) is 0 Å². The molecule has 1 aliphatic heterocycles. The first kappa shape index (κ1) is 11.0. The van der Waals surface area contributed by atoms with Crippen LogP contribution in [0.25, 0.3) is 0 Å². The van der Waals surface area contributed by atoms with Gasteiger partial charge in [-0.3, -0.25) is 0 Å². The van der Waals surface area contributed by atoms with Crippen molar-refractivity contribution in [2.45, 2.75) is 57.5 Å². The summed E-state index contributed by atoms with van der Waals surface area (Å²) in [5.74, 6) is 0.768. The van der Waals surface area contributed by atoms with E-state index in [2.05, 4.69) is 6.92 Å². The van der Waals surface area contributed by atoms with Crippen molar-refractivity contribution in [3.8, 4) is 0 Å². The van der Waals surface area contributed by atoms with Crippen molar-refractivity contribution in [1.82, 2.24) is 0 Å². The number of aliphatic hydroxyl groups is 1. The molecule has 0 bridgehead atoms. The summed E-state index contributed by atoms with van der Waals surface area (Å²) in [5, 5.41) is 10.6. The van der Waals surface area contributed by atoms with E-state index in [1.807, 2.05) is 6.26 Å². The minimum atomic E-state index is -0.550. The van der Waals surface area contributed by atoms with Crippen LogP contribution < -0.4 is 0 Å². The van der Waals surface area contributed by atoms with Gasteiger partial charge < -0.3 is 9.84 Å². The summed E-state index contributed by atoms with van der Waals surface area (Å²) in [7, 11) is 0. The Labute approximate surface area is 92.3 Å². The smallest absolute Gasteiger partial charge is 0.0889 e. The average Bonchev–Trinajstić information content (AvgIpc) is 2.44. The van der Waals surface area contributed by atoms with Crippen LogP contribution in [0.5, 0.6) is 0 Å². The molecule has 2 nitrogen and oxygen atoms in total. The molecule has 1 N–H and O–H groups in total. The van der Waals surface area contributed by atoms with Crippen LogP contribution in [0.15, 0.2) is 11.8 Å². The van der Waals surface area contributed by atoms with Crippen molar-refractivity contribution in [2.24, 2.45) is 5.92 Å². The Hall–Kier alpha value is -0.500. The zero-order valence-corrected chi connectivity index (χ0v) is 9.67. The molecule has 0 saturated heterocycles. The Kier molecular flexibility index (Phi) is 3.35. The normalized spacial score (nSPS) is 37.7. The molecule has 2 unspecified atom stereocenters. The van der Waals surface area contributed by atoms with Crippen LogP contribution in [0, 0.1) is 5.92 Å². The van der Waals surface area contributed by atoms with E-state index >= 15 is 0 Å². The second kappa shape index (κ2) is 4.56. The van der Waals surface area contributed by atoms with Gasteiger partial charge in [0, 0.05) is 0 Å². The molecular weight excluding hydrogens is 188 g/mol. The first-order valence-electron chi connectivity index (χ1n) is 6.24. The van der Waals surface area contributed by atoms with Crippen LogP contribution in [0.1, 0.15) is 51.9 Å². The number of hydrogen-bond donors (Lipinski definition) is 1. The SMILES string of the molecule is CC1CCCC(O)(C2=COCCC2)CC1. The summed E-state index contributed by atoms with van der Waals surface area (Å²) in [6.45, 7) is 3.10.